The van der Waals surface area contributed by atoms with Crippen molar-refractivity contribution < 1.29 is 9.13 Å². The third kappa shape index (κ3) is 6.76. The standard InChI is InChI=1S/C22H18Cl2FN3OS/c23-18-7-9-21(29-13-16-6-8-19(25)11-20(16)24)17(10-18)12-27-28-22(26)30-14-15-4-2-1-3-5-15/h1-12H,13-14H2,(H2,26,28). The van der Waals surface area contributed by atoms with Crippen LogP contribution in [0.2, 0.25) is 10.0 Å². The number of thioether (sulfide) groups is 1. The van der Waals surface area contributed by atoms with Crippen molar-refractivity contribution in [2.24, 2.45) is 15.9 Å². The maximum atomic E-state index is 13.2. The lowest BCUT2D eigenvalue weighted by Crippen LogP contribution is -2.06. The predicted octanol–water partition coefficient (Wildman–Crippen LogP) is 6.29. The van der Waals surface area contributed by atoms with Crippen LogP contribution in [0.25, 0.3) is 0 Å². The van der Waals surface area contributed by atoms with Gasteiger partial charge in [-0.15, -0.1) is 5.10 Å². The molecule has 0 saturated heterocycles. The van der Waals surface area contributed by atoms with E-state index in [1.54, 1.807) is 24.3 Å². The van der Waals surface area contributed by atoms with Crippen LogP contribution in [0.15, 0.2) is 76.9 Å². The molecule has 0 aliphatic heterocycles. The first kappa shape index (κ1) is 22.2. The molecule has 8 heteroatoms. The largest absolute Gasteiger partial charge is 0.488 e. The molecular formula is C22H18Cl2FN3OS. The molecule has 0 bridgehead atoms. The Labute approximate surface area is 188 Å². The van der Waals surface area contributed by atoms with Crippen molar-refractivity contribution in [3.63, 3.8) is 0 Å². The SMILES string of the molecule is NC(=NN=Cc1cc(Cl)ccc1OCc1ccc(F)cc1Cl)SCc1ccccc1. The second kappa shape index (κ2) is 11.0. The Morgan fingerprint density at radius 3 is 2.63 bits per heavy atom. The van der Waals surface area contributed by atoms with Gasteiger partial charge in [0.15, 0.2) is 5.17 Å². The number of amidine groups is 1. The Morgan fingerprint density at radius 1 is 1.07 bits per heavy atom. The minimum Gasteiger partial charge on any atom is -0.488 e. The van der Waals surface area contributed by atoms with Gasteiger partial charge < -0.3 is 10.5 Å². The van der Waals surface area contributed by atoms with E-state index in [0.29, 0.717) is 37.8 Å². The predicted molar refractivity (Wildman–Crippen MR) is 124 cm³/mol. The molecule has 3 rings (SSSR count). The Kier molecular flexibility index (Phi) is 8.13. The average Bonchev–Trinajstić information content (AvgIpc) is 2.73. The van der Waals surface area contributed by atoms with Crippen LogP contribution in [0.4, 0.5) is 4.39 Å². The van der Waals surface area contributed by atoms with Crippen LogP contribution >= 0.6 is 35.0 Å². The average molecular weight is 462 g/mol. The van der Waals surface area contributed by atoms with Crippen LogP contribution in [-0.2, 0) is 12.4 Å². The number of hydrogen-bond donors (Lipinski definition) is 1. The Bertz CT molecular complexity index is 1060. The quantitative estimate of drug-likeness (QED) is 0.255. The van der Waals surface area contributed by atoms with Crippen molar-refractivity contribution in [1.82, 2.24) is 0 Å². The van der Waals surface area contributed by atoms with E-state index in [-0.39, 0.29) is 6.61 Å². The summed E-state index contributed by atoms with van der Waals surface area (Å²) < 4.78 is 19.0. The van der Waals surface area contributed by atoms with Gasteiger partial charge in [-0.25, -0.2) is 4.39 Å². The molecule has 0 heterocycles. The van der Waals surface area contributed by atoms with Crippen molar-refractivity contribution >= 4 is 46.3 Å². The number of halogens is 3. The van der Waals surface area contributed by atoms with Crippen LogP contribution in [0.1, 0.15) is 16.7 Å². The summed E-state index contributed by atoms with van der Waals surface area (Å²) >= 11 is 13.5. The van der Waals surface area contributed by atoms with Gasteiger partial charge in [-0.3, -0.25) is 0 Å². The fraction of sp³-hybridized carbons (Fsp3) is 0.0909. The van der Waals surface area contributed by atoms with Gasteiger partial charge in [0.05, 0.1) is 11.2 Å². The minimum absolute atomic E-state index is 0.167. The Balaban J connectivity index is 1.65. The zero-order valence-corrected chi connectivity index (χ0v) is 18.1. The summed E-state index contributed by atoms with van der Waals surface area (Å²) in [5.74, 6) is 0.841. The van der Waals surface area contributed by atoms with Crippen molar-refractivity contribution in [1.29, 1.82) is 0 Å². The van der Waals surface area contributed by atoms with E-state index < -0.39 is 5.82 Å². The molecule has 4 nitrogen and oxygen atoms in total. The molecule has 0 fully saturated rings. The van der Waals surface area contributed by atoms with E-state index in [1.807, 2.05) is 30.3 Å². The summed E-state index contributed by atoms with van der Waals surface area (Å²) in [5.41, 5.74) is 8.35. The van der Waals surface area contributed by atoms with Crippen molar-refractivity contribution in [3.8, 4) is 5.75 Å². The summed E-state index contributed by atoms with van der Waals surface area (Å²) in [6.07, 6.45) is 1.52. The molecule has 0 radical (unpaired) electrons. The lowest BCUT2D eigenvalue weighted by molar-refractivity contribution is 0.305. The molecule has 3 aromatic rings. The van der Waals surface area contributed by atoms with Crippen molar-refractivity contribution in [2.45, 2.75) is 12.4 Å². The molecule has 0 atom stereocenters. The first-order valence-corrected chi connectivity index (χ1v) is 10.6. The molecule has 2 N–H and O–H groups in total. The third-order valence-electron chi connectivity index (χ3n) is 3.95. The van der Waals surface area contributed by atoms with E-state index in [0.717, 1.165) is 5.56 Å². The zero-order valence-electron chi connectivity index (χ0n) is 15.8. The molecular weight excluding hydrogens is 444 g/mol. The molecule has 30 heavy (non-hydrogen) atoms. The fourth-order valence-corrected chi connectivity index (χ4v) is 3.47. The number of hydrogen-bond acceptors (Lipinski definition) is 4. The Hall–Kier alpha value is -2.54. The molecule has 0 aliphatic carbocycles. The number of nitrogens with two attached hydrogens (primary N) is 1. The molecule has 0 aliphatic rings. The van der Waals surface area contributed by atoms with Crippen LogP contribution in [0.5, 0.6) is 5.75 Å². The highest BCUT2D eigenvalue weighted by molar-refractivity contribution is 8.13. The van der Waals surface area contributed by atoms with Gasteiger partial charge >= 0.3 is 0 Å². The molecule has 0 spiro atoms. The lowest BCUT2D eigenvalue weighted by atomic mass is 10.2. The van der Waals surface area contributed by atoms with Gasteiger partial charge in [-0.2, -0.15) is 5.10 Å². The van der Waals surface area contributed by atoms with E-state index in [1.165, 1.54) is 30.1 Å². The lowest BCUT2D eigenvalue weighted by Gasteiger charge is -2.10. The molecule has 154 valence electrons. The summed E-state index contributed by atoms with van der Waals surface area (Å²) in [6, 6.07) is 19.2. The minimum atomic E-state index is -0.399. The highest BCUT2D eigenvalue weighted by Crippen LogP contribution is 2.24. The van der Waals surface area contributed by atoms with Crippen LogP contribution < -0.4 is 10.5 Å². The van der Waals surface area contributed by atoms with Gasteiger partial charge in [-0.05, 0) is 35.9 Å². The Morgan fingerprint density at radius 2 is 1.87 bits per heavy atom. The smallest absolute Gasteiger partial charge is 0.180 e. The van der Waals surface area contributed by atoms with Gasteiger partial charge in [0, 0.05) is 21.9 Å². The normalized spacial score (nSPS) is 11.8. The number of ether oxygens (including phenoxy) is 1. The van der Waals surface area contributed by atoms with E-state index in [9.17, 15) is 4.39 Å². The van der Waals surface area contributed by atoms with Gasteiger partial charge in [0.1, 0.15) is 18.2 Å². The second-order valence-electron chi connectivity index (χ2n) is 6.16. The first-order chi connectivity index (χ1) is 14.5. The monoisotopic (exact) mass is 461 g/mol. The molecule has 3 aromatic carbocycles. The fourth-order valence-electron chi connectivity index (χ4n) is 2.45. The van der Waals surface area contributed by atoms with Gasteiger partial charge in [0.2, 0.25) is 0 Å². The van der Waals surface area contributed by atoms with Gasteiger partial charge in [-0.1, -0.05) is 71.4 Å². The number of benzene rings is 3. The van der Waals surface area contributed by atoms with Crippen LogP contribution in [0, 0.1) is 5.82 Å². The van der Waals surface area contributed by atoms with E-state index in [2.05, 4.69) is 10.2 Å². The maximum Gasteiger partial charge on any atom is 0.180 e. The first-order valence-electron chi connectivity index (χ1n) is 8.91. The van der Waals surface area contributed by atoms with E-state index in [4.69, 9.17) is 33.7 Å². The summed E-state index contributed by atoms with van der Waals surface area (Å²) in [7, 11) is 0. The number of nitrogens with zero attached hydrogens (tertiary/aromatic N) is 2. The van der Waals surface area contributed by atoms with Crippen LogP contribution in [-0.4, -0.2) is 11.4 Å². The number of rotatable bonds is 7. The zero-order chi connectivity index (χ0) is 21.3. The van der Waals surface area contributed by atoms with E-state index >= 15 is 0 Å². The third-order valence-corrected chi connectivity index (χ3v) is 5.39. The molecule has 0 saturated carbocycles. The van der Waals surface area contributed by atoms with Crippen LogP contribution in [0.3, 0.4) is 0 Å². The molecule has 0 aromatic heterocycles. The van der Waals surface area contributed by atoms with Crippen molar-refractivity contribution in [3.05, 3.63) is 99.3 Å². The summed E-state index contributed by atoms with van der Waals surface area (Å²) in [5, 5.41) is 9.23. The van der Waals surface area contributed by atoms with Gasteiger partial charge in [0.25, 0.3) is 0 Å². The highest BCUT2D eigenvalue weighted by Gasteiger charge is 2.07. The second-order valence-corrected chi connectivity index (χ2v) is 8.00. The summed E-state index contributed by atoms with van der Waals surface area (Å²) in [4.78, 5) is 0. The van der Waals surface area contributed by atoms with Crippen molar-refractivity contribution in [2.75, 3.05) is 0 Å². The highest BCUT2D eigenvalue weighted by atomic mass is 35.5. The maximum absolute atomic E-state index is 13.2. The topological polar surface area (TPSA) is 60.0 Å². The summed E-state index contributed by atoms with van der Waals surface area (Å²) in [6.45, 7) is 0.167. The molecule has 0 unspecified atom stereocenters. The molecule has 0 amide bonds.